The van der Waals surface area contributed by atoms with Gasteiger partial charge in [0.2, 0.25) is 18.1 Å². The molecule has 1 unspecified atom stereocenters. The summed E-state index contributed by atoms with van der Waals surface area (Å²) in [5, 5.41) is 17.5. The Bertz CT molecular complexity index is 962. The van der Waals surface area contributed by atoms with E-state index in [1.165, 1.54) is 20.5 Å². The number of benzene rings is 1. The minimum absolute atomic E-state index is 0.307. The largest absolute Gasteiger partial charge is 0.341 e. The predicted octanol–water partition coefficient (Wildman–Crippen LogP) is 3.60. The molecule has 0 aromatic heterocycles. The highest BCUT2D eigenvalue weighted by molar-refractivity contribution is 6.17. The molecule has 152 valence electrons. The van der Waals surface area contributed by atoms with Gasteiger partial charge in [0.25, 0.3) is 0 Å². The van der Waals surface area contributed by atoms with E-state index in [0.29, 0.717) is 48.6 Å². The molecular weight excluding hydrogens is 409 g/mol. The van der Waals surface area contributed by atoms with Crippen LogP contribution in [0, 0.1) is 23.4 Å². The third-order valence-electron chi connectivity index (χ3n) is 5.36. The van der Waals surface area contributed by atoms with Gasteiger partial charge in [-0.2, -0.15) is 5.01 Å². The zero-order valence-corrected chi connectivity index (χ0v) is 16.1. The average molecular weight is 425 g/mol. The molecule has 4 aliphatic rings. The Hall–Kier alpha value is -2.82. The van der Waals surface area contributed by atoms with Gasteiger partial charge in [-0.1, -0.05) is 6.92 Å². The maximum absolute atomic E-state index is 14.8. The van der Waals surface area contributed by atoms with E-state index in [0.717, 1.165) is 12.8 Å². The van der Waals surface area contributed by atoms with Crippen molar-refractivity contribution >= 4 is 29.3 Å². The summed E-state index contributed by atoms with van der Waals surface area (Å²) in [6, 6.07) is 1.27. The monoisotopic (exact) mass is 424 g/mol. The molecule has 4 heterocycles. The van der Waals surface area contributed by atoms with Crippen LogP contribution in [-0.2, 0) is 0 Å². The lowest BCUT2D eigenvalue weighted by molar-refractivity contribution is 0.236. The lowest BCUT2D eigenvalue weighted by atomic mass is 9.99. The van der Waals surface area contributed by atoms with Gasteiger partial charge in [0.05, 0.1) is 6.20 Å². The topological polar surface area (TPSA) is 62.4 Å². The second-order valence-corrected chi connectivity index (χ2v) is 7.71. The first-order chi connectivity index (χ1) is 13.9. The van der Waals surface area contributed by atoms with E-state index in [-0.39, 0.29) is 0 Å². The van der Waals surface area contributed by atoms with Crippen LogP contribution in [0.2, 0.25) is 0 Å². The molecule has 0 bridgehead atoms. The first-order valence-corrected chi connectivity index (χ1v) is 9.49. The van der Waals surface area contributed by atoms with Gasteiger partial charge in [0, 0.05) is 37.0 Å². The highest BCUT2D eigenvalue weighted by atomic mass is 35.5. The fourth-order valence-corrected chi connectivity index (χ4v) is 4.09. The van der Waals surface area contributed by atoms with Gasteiger partial charge in [0.1, 0.15) is 11.5 Å². The number of hydrazone groups is 1. The molecular formula is C17H16ClF3N8. The molecule has 4 aliphatic heterocycles. The molecule has 12 heteroatoms. The van der Waals surface area contributed by atoms with Crippen LogP contribution in [0.4, 0.5) is 18.9 Å². The van der Waals surface area contributed by atoms with Crippen LogP contribution in [0.15, 0.2) is 44.6 Å². The number of likely N-dealkylation sites (tertiary alicyclic amines) is 1. The third-order valence-corrected chi connectivity index (χ3v) is 5.63. The smallest absolute Gasteiger partial charge is 0.227 e. The van der Waals surface area contributed by atoms with Crippen LogP contribution >= 0.6 is 11.8 Å². The molecule has 29 heavy (non-hydrogen) atoms. The van der Waals surface area contributed by atoms with E-state index >= 15 is 0 Å². The molecule has 1 fully saturated rings. The van der Waals surface area contributed by atoms with Gasteiger partial charge in [-0.05, 0) is 24.0 Å². The zero-order valence-electron chi connectivity index (χ0n) is 15.3. The standard InChI is InChI=1S/C17H16ClF3N8/c1-9-2-4-26(5-3-9)16-24-29-15-13(22-25-23-15)8-27(18)17(29)28(16)14-11(20)6-10(19)7-12(14)21/h6-9,17H,2-5H2,1H3. The Morgan fingerprint density at radius 1 is 1.10 bits per heavy atom. The summed E-state index contributed by atoms with van der Waals surface area (Å²) in [6.07, 6.45) is 2.32. The van der Waals surface area contributed by atoms with Crippen LogP contribution in [0.1, 0.15) is 19.8 Å². The van der Waals surface area contributed by atoms with Crippen molar-refractivity contribution in [3.63, 3.8) is 0 Å². The van der Waals surface area contributed by atoms with Crippen molar-refractivity contribution in [2.75, 3.05) is 18.0 Å². The summed E-state index contributed by atoms with van der Waals surface area (Å²) in [4.78, 5) is 3.26. The van der Waals surface area contributed by atoms with Gasteiger partial charge in [-0.15, -0.1) is 15.3 Å². The van der Waals surface area contributed by atoms with E-state index in [1.54, 1.807) is 0 Å². The number of amidine groups is 1. The van der Waals surface area contributed by atoms with Crippen molar-refractivity contribution in [3.05, 3.63) is 41.5 Å². The summed E-state index contributed by atoms with van der Waals surface area (Å²) in [6.45, 7) is 3.47. The molecule has 0 N–H and O–H groups in total. The fourth-order valence-electron chi connectivity index (χ4n) is 3.82. The second kappa shape index (κ2) is 6.61. The van der Waals surface area contributed by atoms with Crippen molar-refractivity contribution < 1.29 is 13.2 Å². The third kappa shape index (κ3) is 2.83. The van der Waals surface area contributed by atoms with Crippen molar-refractivity contribution in [3.8, 4) is 0 Å². The molecule has 1 atom stereocenters. The van der Waals surface area contributed by atoms with Gasteiger partial charge < -0.3 is 4.90 Å². The lowest BCUT2D eigenvalue weighted by Gasteiger charge is -2.40. The number of fused-ring (bicyclic) bond motifs is 3. The highest BCUT2D eigenvalue weighted by Gasteiger charge is 2.49. The lowest BCUT2D eigenvalue weighted by Crippen LogP contribution is -2.56. The first-order valence-electron chi connectivity index (χ1n) is 9.15. The number of anilines is 1. The predicted molar refractivity (Wildman–Crippen MR) is 99.9 cm³/mol. The number of hydrogen-bond acceptors (Lipinski definition) is 8. The number of rotatable bonds is 1. The molecule has 8 nitrogen and oxygen atoms in total. The van der Waals surface area contributed by atoms with E-state index in [1.807, 2.05) is 4.90 Å². The van der Waals surface area contributed by atoms with Gasteiger partial charge >= 0.3 is 0 Å². The molecule has 0 amide bonds. The van der Waals surface area contributed by atoms with E-state index in [2.05, 4.69) is 27.5 Å². The molecule has 0 spiro atoms. The Morgan fingerprint density at radius 2 is 1.79 bits per heavy atom. The van der Waals surface area contributed by atoms with Crippen LogP contribution < -0.4 is 4.90 Å². The zero-order chi connectivity index (χ0) is 20.3. The van der Waals surface area contributed by atoms with E-state index in [9.17, 15) is 13.2 Å². The Balaban J connectivity index is 1.63. The number of guanidine groups is 1. The highest BCUT2D eigenvalue weighted by Crippen LogP contribution is 2.38. The minimum atomic E-state index is -1.05. The van der Waals surface area contributed by atoms with Crippen molar-refractivity contribution in [2.45, 2.75) is 26.1 Å². The maximum Gasteiger partial charge on any atom is 0.227 e. The molecule has 0 aliphatic carbocycles. The quantitative estimate of drug-likeness (QED) is 0.646. The molecule has 5 rings (SSSR count). The van der Waals surface area contributed by atoms with Crippen LogP contribution in [-0.4, -0.2) is 45.5 Å². The number of nitrogens with zero attached hydrogens (tertiary/aromatic N) is 8. The summed E-state index contributed by atoms with van der Waals surface area (Å²) in [7, 11) is 0. The SMILES string of the molecule is CC1CCN(C2=NN3C4=NN=NC4=CN(Cl)C3N2c2c(F)cc(F)cc2F)CC1. The van der Waals surface area contributed by atoms with E-state index < -0.39 is 29.4 Å². The summed E-state index contributed by atoms with van der Waals surface area (Å²) in [5.41, 5.74) is -0.0558. The summed E-state index contributed by atoms with van der Waals surface area (Å²) < 4.78 is 44.3. The van der Waals surface area contributed by atoms with Gasteiger partial charge in [-0.25, -0.2) is 17.6 Å². The fraction of sp³-hybridized carbons (Fsp3) is 0.412. The number of halogens is 4. The molecule has 0 radical (unpaired) electrons. The molecule has 0 saturated carbocycles. The summed E-state index contributed by atoms with van der Waals surface area (Å²) in [5.74, 6) is -1.94. The van der Waals surface area contributed by atoms with Gasteiger partial charge in [0.15, 0.2) is 17.3 Å². The number of hydrogen-bond donors (Lipinski definition) is 0. The average Bonchev–Trinajstić information content (AvgIpc) is 3.27. The van der Waals surface area contributed by atoms with Crippen molar-refractivity contribution in [1.29, 1.82) is 0 Å². The Morgan fingerprint density at radius 3 is 2.48 bits per heavy atom. The second-order valence-electron chi connectivity index (χ2n) is 7.32. The molecule has 1 aromatic carbocycles. The Labute approximate surface area is 169 Å². The molecule has 1 saturated heterocycles. The number of piperidine rings is 1. The van der Waals surface area contributed by atoms with Crippen molar-refractivity contribution in [1.82, 2.24) is 14.3 Å². The first kappa shape index (κ1) is 18.2. The Kier molecular flexibility index (Phi) is 4.16. The van der Waals surface area contributed by atoms with Crippen molar-refractivity contribution in [2.24, 2.45) is 26.5 Å². The van der Waals surface area contributed by atoms with Crippen LogP contribution in [0.25, 0.3) is 0 Å². The van der Waals surface area contributed by atoms with Crippen LogP contribution in [0.5, 0.6) is 0 Å². The van der Waals surface area contributed by atoms with E-state index in [4.69, 9.17) is 11.8 Å². The van der Waals surface area contributed by atoms with Crippen LogP contribution in [0.3, 0.4) is 0 Å². The van der Waals surface area contributed by atoms with Gasteiger partial charge in [-0.3, -0.25) is 4.90 Å². The molecule has 1 aromatic rings. The maximum atomic E-state index is 14.8. The summed E-state index contributed by atoms with van der Waals surface area (Å²) >= 11 is 6.40. The minimum Gasteiger partial charge on any atom is -0.341 e. The normalized spacial score (nSPS) is 23.9.